The van der Waals surface area contributed by atoms with Crippen LogP contribution in [0.25, 0.3) is 0 Å². The SMILES string of the molecule is CCCSN=C(C)c1ccccc1. The van der Waals surface area contributed by atoms with E-state index in [0.29, 0.717) is 0 Å². The Labute approximate surface area is 84.4 Å². The first kappa shape index (κ1) is 10.3. The average molecular weight is 193 g/mol. The van der Waals surface area contributed by atoms with Crippen LogP contribution in [0.2, 0.25) is 0 Å². The maximum atomic E-state index is 4.42. The lowest BCUT2D eigenvalue weighted by Crippen LogP contribution is -1.92. The molecule has 0 aromatic heterocycles. The summed E-state index contributed by atoms with van der Waals surface area (Å²) in [6, 6.07) is 10.3. The summed E-state index contributed by atoms with van der Waals surface area (Å²) >= 11 is 1.64. The smallest absolute Gasteiger partial charge is 0.0528 e. The van der Waals surface area contributed by atoms with Crippen molar-refractivity contribution in [3.05, 3.63) is 35.9 Å². The second-order valence-electron chi connectivity index (χ2n) is 2.88. The Bertz CT molecular complexity index is 267. The van der Waals surface area contributed by atoms with Gasteiger partial charge in [0.15, 0.2) is 0 Å². The lowest BCUT2D eigenvalue weighted by Gasteiger charge is -1.98. The molecule has 0 fully saturated rings. The molecular weight excluding hydrogens is 178 g/mol. The monoisotopic (exact) mass is 193 g/mol. The van der Waals surface area contributed by atoms with Gasteiger partial charge in [-0.3, -0.25) is 0 Å². The van der Waals surface area contributed by atoms with E-state index in [2.05, 4.69) is 30.4 Å². The van der Waals surface area contributed by atoms with Gasteiger partial charge in [0.25, 0.3) is 0 Å². The van der Waals surface area contributed by atoms with Crippen molar-refractivity contribution in [3.63, 3.8) is 0 Å². The quantitative estimate of drug-likeness (QED) is 0.404. The van der Waals surface area contributed by atoms with Gasteiger partial charge in [-0.2, -0.15) is 0 Å². The average Bonchev–Trinajstić information content (AvgIpc) is 2.19. The predicted molar refractivity (Wildman–Crippen MR) is 61.4 cm³/mol. The van der Waals surface area contributed by atoms with Crippen LogP contribution >= 0.6 is 11.9 Å². The van der Waals surface area contributed by atoms with Crippen LogP contribution in [0.1, 0.15) is 25.8 Å². The van der Waals surface area contributed by atoms with Gasteiger partial charge in [-0.15, -0.1) is 0 Å². The van der Waals surface area contributed by atoms with Crippen molar-refractivity contribution in [2.24, 2.45) is 4.40 Å². The summed E-state index contributed by atoms with van der Waals surface area (Å²) in [5.74, 6) is 1.10. The Morgan fingerprint density at radius 2 is 2.00 bits per heavy atom. The van der Waals surface area contributed by atoms with Gasteiger partial charge in [-0.25, -0.2) is 4.40 Å². The molecule has 1 aromatic carbocycles. The first-order chi connectivity index (χ1) is 6.34. The molecule has 0 N–H and O–H groups in total. The van der Waals surface area contributed by atoms with Crippen LogP contribution in [-0.2, 0) is 0 Å². The number of rotatable bonds is 4. The van der Waals surface area contributed by atoms with Crippen LogP contribution in [-0.4, -0.2) is 11.5 Å². The van der Waals surface area contributed by atoms with E-state index in [9.17, 15) is 0 Å². The standard InChI is InChI=1S/C11H15NS/c1-3-9-13-12-10(2)11-7-5-4-6-8-11/h4-8H,3,9H2,1-2H3. The van der Waals surface area contributed by atoms with E-state index < -0.39 is 0 Å². The lowest BCUT2D eigenvalue weighted by atomic mass is 10.1. The molecule has 0 spiro atoms. The molecule has 0 saturated carbocycles. The third kappa shape index (κ3) is 3.64. The number of hydrogen-bond acceptors (Lipinski definition) is 2. The summed E-state index contributed by atoms with van der Waals surface area (Å²) in [5.41, 5.74) is 2.32. The molecule has 0 aliphatic rings. The summed E-state index contributed by atoms with van der Waals surface area (Å²) in [7, 11) is 0. The van der Waals surface area contributed by atoms with Crippen molar-refractivity contribution in [2.75, 3.05) is 5.75 Å². The van der Waals surface area contributed by atoms with Gasteiger partial charge >= 0.3 is 0 Å². The summed E-state index contributed by atoms with van der Waals surface area (Å²) in [6.07, 6.45) is 1.18. The molecular formula is C11H15NS. The highest BCUT2D eigenvalue weighted by molar-refractivity contribution is 7.98. The molecule has 1 nitrogen and oxygen atoms in total. The van der Waals surface area contributed by atoms with Gasteiger partial charge in [0, 0.05) is 5.75 Å². The minimum absolute atomic E-state index is 1.10. The summed E-state index contributed by atoms with van der Waals surface area (Å²) in [4.78, 5) is 0. The molecule has 0 bridgehead atoms. The molecule has 0 radical (unpaired) electrons. The molecule has 2 heteroatoms. The third-order valence-corrected chi connectivity index (χ3v) is 2.68. The van der Waals surface area contributed by atoms with Crippen molar-refractivity contribution >= 4 is 17.7 Å². The molecule has 0 amide bonds. The molecule has 13 heavy (non-hydrogen) atoms. The van der Waals surface area contributed by atoms with Crippen LogP contribution in [0.15, 0.2) is 34.7 Å². The molecule has 1 aromatic rings. The molecule has 0 atom stereocenters. The first-order valence-electron chi connectivity index (χ1n) is 4.56. The molecule has 0 saturated heterocycles. The Hall–Kier alpha value is -0.760. The van der Waals surface area contributed by atoms with Gasteiger partial charge in [0.1, 0.15) is 0 Å². The maximum absolute atomic E-state index is 4.42. The van der Waals surface area contributed by atoms with E-state index in [1.807, 2.05) is 18.2 Å². The molecule has 1 rings (SSSR count). The fourth-order valence-electron chi connectivity index (χ4n) is 0.966. The van der Waals surface area contributed by atoms with E-state index in [-0.39, 0.29) is 0 Å². The molecule has 70 valence electrons. The molecule has 0 aliphatic heterocycles. The largest absolute Gasteiger partial charge is 0.221 e. The van der Waals surface area contributed by atoms with Crippen molar-refractivity contribution in [2.45, 2.75) is 20.3 Å². The van der Waals surface area contributed by atoms with Crippen molar-refractivity contribution in [1.82, 2.24) is 0 Å². The van der Waals surface area contributed by atoms with Gasteiger partial charge in [0.05, 0.1) is 5.71 Å². The second kappa shape index (κ2) is 5.81. The van der Waals surface area contributed by atoms with Crippen molar-refractivity contribution < 1.29 is 0 Å². The van der Waals surface area contributed by atoms with Crippen LogP contribution in [0, 0.1) is 0 Å². The van der Waals surface area contributed by atoms with E-state index in [4.69, 9.17) is 0 Å². The van der Waals surface area contributed by atoms with Gasteiger partial charge < -0.3 is 0 Å². The Morgan fingerprint density at radius 1 is 1.31 bits per heavy atom. The van der Waals surface area contributed by atoms with Crippen LogP contribution in [0.5, 0.6) is 0 Å². The first-order valence-corrected chi connectivity index (χ1v) is 5.51. The Balaban J connectivity index is 2.57. The highest BCUT2D eigenvalue weighted by atomic mass is 32.2. The van der Waals surface area contributed by atoms with Crippen molar-refractivity contribution in [3.8, 4) is 0 Å². The van der Waals surface area contributed by atoms with Crippen LogP contribution < -0.4 is 0 Å². The Morgan fingerprint density at radius 3 is 2.62 bits per heavy atom. The zero-order valence-corrected chi connectivity index (χ0v) is 8.97. The van der Waals surface area contributed by atoms with Crippen LogP contribution in [0.3, 0.4) is 0 Å². The van der Waals surface area contributed by atoms with Gasteiger partial charge in [-0.05, 0) is 30.9 Å². The fraction of sp³-hybridized carbons (Fsp3) is 0.364. The summed E-state index contributed by atoms with van der Waals surface area (Å²) < 4.78 is 4.42. The van der Waals surface area contributed by atoms with Crippen molar-refractivity contribution in [1.29, 1.82) is 0 Å². The number of benzene rings is 1. The van der Waals surface area contributed by atoms with Crippen LogP contribution in [0.4, 0.5) is 0 Å². The predicted octanol–water partition coefficient (Wildman–Crippen LogP) is 3.55. The minimum Gasteiger partial charge on any atom is -0.221 e. The zero-order chi connectivity index (χ0) is 9.52. The molecule has 0 aliphatic carbocycles. The highest BCUT2D eigenvalue weighted by Crippen LogP contribution is 2.08. The summed E-state index contributed by atoms with van der Waals surface area (Å²) in [6.45, 7) is 4.22. The Kier molecular flexibility index (Phi) is 4.61. The van der Waals surface area contributed by atoms with E-state index in [1.54, 1.807) is 11.9 Å². The number of hydrogen-bond donors (Lipinski definition) is 0. The van der Waals surface area contributed by atoms with E-state index in [1.165, 1.54) is 12.0 Å². The van der Waals surface area contributed by atoms with Gasteiger partial charge in [-0.1, -0.05) is 37.3 Å². The lowest BCUT2D eigenvalue weighted by molar-refractivity contribution is 1.11. The van der Waals surface area contributed by atoms with E-state index >= 15 is 0 Å². The zero-order valence-electron chi connectivity index (χ0n) is 8.16. The highest BCUT2D eigenvalue weighted by Gasteiger charge is 1.94. The van der Waals surface area contributed by atoms with Gasteiger partial charge in [0.2, 0.25) is 0 Å². The number of nitrogens with zero attached hydrogens (tertiary/aromatic N) is 1. The second-order valence-corrected chi connectivity index (χ2v) is 3.72. The normalized spacial score (nSPS) is 11.7. The third-order valence-electron chi connectivity index (χ3n) is 1.69. The minimum atomic E-state index is 1.10. The summed E-state index contributed by atoms with van der Waals surface area (Å²) in [5, 5.41) is 0. The van der Waals surface area contributed by atoms with E-state index in [0.717, 1.165) is 11.5 Å². The fourth-order valence-corrected chi connectivity index (χ4v) is 1.54. The molecule has 0 heterocycles. The molecule has 0 unspecified atom stereocenters. The topological polar surface area (TPSA) is 12.4 Å². The maximum Gasteiger partial charge on any atom is 0.0528 e.